The summed E-state index contributed by atoms with van der Waals surface area (Å²) < 4.78 is 41.3. The molecule has 156 valence electrons. The van der Waals surface area contributed by atoms with Crippen molar-refractivity contribution in [2.75, 3.05) is 6.54 Å². The SMILES string of the molecule is O=c1[nH]c(C2CCCCC2)nc2c1CN(Cc1cccc(OC(F)(F)F)c1)CC2. The van der Waals surface area contributed by atoms with Crippen molar-refractivity contribution in [2.45, 2.75) is 63.9 Å². The Morgan fingerprint density at radius 3 is 2.76 bits per heavy atom. The lowest BCUT2D eigenvalue weighted by atomic mass is 9.88. The van der Waals surface area contributed by atoms with Crippen molar-refractivity contribution in [3.63, 3.8) is 0 Å². The molecule has 1 aliphatic carbocycles. The van der Waals surface area contributed by atoms with E-state index in [1.54, 1.807) is 12.1 Å². The number of ether oxygens (including phenoxy) is 1. The average Bonchev–Trinajstić information content (AvgIpc) is 2.68. The van der Waals surface area contributed by atoms with E-state index in [-0.39, 0.29) is 11.3 Å². The second kappa shape index (κ2) is 8.18. The summed E-state index contributed by atoms with van der Waals surface area (Å²) in [5, 5.41) is 0. The second-order valence-electron chi connectivity index (χ2n) is 7.87. The second-order valence-corrected chi connectivity index (χ2v) is 7.87. The minimum absolute atomic E-state index is 0.0885. The normalized spacial score (nSPS) is 18.4. The van der Waals surface area contributed by atoms with Crippen molar-refractivity contribution in [1.82, 2.24) is 14.9 Å². The summed E-state index contributed by atoms with van der Waals surface area (Å²) in [6.45, 7) is 1.59. The fourth-order valence-corrected chi connectivity index (χ4v) is 4.30. The van der Waals surface area contributed by atoms with E-state index >= 15 is 0 Å². The number of nitrogens with zero attached hydrogens (tertiary/aromatic N) is 2. The lowest BCUT2D eigenvalue weighted by molar-refractivity contribution is -0.274. The fourth-order valence-electron chi connectivity index (χ4n) is 4.30. The van der Waals surface area contributed by atoms with Gasteiger partial charge in [0, 0.05) is 32.0 Å². The fraction of sp³-hybridized carbons (Fsp3) is 0.524. The summed E-state index contributed by atoms with van der Waals surface area (Å²) in [4.78, 5) is 22.5. The molecule has 5 nitrogen and oxygen atoms in total. The van der Waals surface area contributed by atoms with Crippen LogP contribution in [-0.2, 0) is 19.5 Å². The molecule has 0 atom stereocenters. The third-order valence-corrected chi connectivity index (χ3v) is 5.70. The van der Waals surface area contributed by atoms with E-state index in [4.69, 9.17) is 4.98 Å². The minimum atomic E-state index is -4.71. The van der Waals surface area contributed by atoms with E-state index in [0.29, 0.717) is 43.1 Å². The topological polar surface area (TPSA) is 58.2 Å². The predicted molar refractivity (Wildman–Crippen MR) is 102 cm³/mol. The molecule has 2 aromatic rings. The molecule has 1 saturated carbocycles. The maximum absolute atomic E-state index is 12.7. The summed E-state index contributed by atoms with van der Waals surface area (Å²) in [5.41, 5.74) is 2.14. The maximum Gasteiger partial charge on any atom is 0.573 e. The minimum Gasteiger partial charge on any atom is -0.406 e. The number of hydrogen-bond acceptors (Lipinski definition) is 4. The van der Waals surface area contributed by atoms with Gasteiger partial charge >= 0.3 is 6.36 Å². The van der Waals surface area contributed by atoms with Crippen LogP contribution in [0.5, 0.6) is 5.75 Å². The highest BCUT2D eigenvalue weighted by Crippen LogP contribution is 2.31. The Kier molecular flexibility index (Phi) is 5.63. The monoisotopic (exact) mass is 407 g/mol. The standard InChI is InChI=1S/C21H24F3N3O2/c22-21(23,24)29-16-8-4-5-14(11-16)12-27-10-9-18-17(13-27)20(28)26-19(25-18)15-6-2-1-3-7-15/h4-5,8,11,15H,1-3,6-7,9-10,12-13H2,(H,25,26,28). The van der Waals surface area contributed by atoms with Gasteiger partial charge in [-0.05, 0) is 30.5 Å². The van der Waals surface area contributed by atoms with Gasteiger partial charge in [-0.2, -0.15) is 0 Å². The van der Waals surface area contributed by atoms with Gasteiger partial charge in [-0.25, -0.2) is 4.98 Å². The molecule has 0 bridgehead atoms. The van der Waals surface area contributed by atoms with Crippen molar-refractivity contribution < 1.29 is 17.9 Å². The molecule has 2 aliphatic rings. The number of fused-ring (bicyclic) bond motifs is 1. The first-order chi connectivity index (χ1) is 13.9. The van der Waals surface area contributed by atoms with E-state index in [9.17, 15) is 18.0 Å². The van der Waals surface area contributed by atoms with E-state index in [1.807, 2.05) is 4.90 Å². The van der Waals surface area contributed by atoms with E-state index in [0.717, 1.165) is 24.4 Å². The first-order valence-electron chi connectivity index (χ1n) is 10.1. The lowest BCUT2D eigenvalue weighted by Crippen LogP contribution is -2.36. The van der Waals surface area contributed by atoms with Crippen LogP contribution in [0.15, 0.2) is 29.1 Å². The van der Waals surface area contributed by atoms with Gasteiger partial charge in [0.15, 0.2) is 0 Å². The number of benzene rings is 1. The highest BCUT2D eigenvalue weighted by Gasteiger charge is 2.31. The van der Waals surface area contributed by atoms with Crippen LogP contribution in [0.25, 0.3) is 0 Å². The third-order valence-electron chi connectivity index (χ3n) is 5.70. The van der Waals surface area contributed by atoms with Gasteiger partial charge in [-0.1, -0.05) is 31.4 Å². The van der Waals surface area contributed by atoms with Crippen molar-refractivity contribution >= 4 is 0 Å². The molecule has 8 heteroatoms. The molecular formula is C21H24F3N3O2. The first-order valence-corrected chi connectivity index (χ1v) is 10.1. The Labute approximate surface area is 166 Å². The molecular weight excluding hydrogens is 383 g/mol. The number of nitrogens with one attached hydrogen (secondary N) is 1. The summed E-state index contributed by atoms with van der Waals surface area (Å²) in [7, 11) is 0. The van der Waals surface area contributed by atoms with Crippen molar-refractivity contribution in [1.29, 1.82) is 0 Å². The predicted octanol–water partition coefficient (Wildman–Crippen LogP) is 4.27. The number of hydrogen-bond donors (Lipinski definition) is 1. The molecule has 4 rings (SSSR count). The highest BCUT2D eigenvalue weighted by molar-refractivity contribution is 5.29. The molecule has 0 saturated heterocycles. The molecule has 0 amide bonds. The zero-order valence-electron chi connectivity index (χ0n) is 16.1. The van der Waals surface area contributed by atoms with Crippen LogP contribution in [0, 0.1) is 0 Å². The Morgan fingerprint density at radius 2 is 2.00 bits per heavy atom. The molecule has 0 radical (unpaired) electrons. The third kappa shape index (κ3) is 4.98. The van der Waals surface area contributed by atoms with Crippen molar-refractivity contribution in [2.24, 2.45) is 0 Å². The van der Waals surface area contributed by atoms with Gasteiger partial charge in [0.25, 0.3) is 5.56 Å². The van der Waals surface area contributed by atoms with Crippen LogP contribution in [-0.4, -0.2) is 27.8 Å². The molecule has 1 N–H and O–H groups in total. The van der Waals surface area contributed by atoms with Crippen LogP contribution >= 0.6 is 0 Å². The van der Waals surface area contributed by atoms with Gasteiger partial charge in [-0.15, -0.1) is 13.2 Å². The zero-order chi connectivity index (χ0) is 20.4. The van der Waals surface area contributed by atoms with E-state index < -0.39 is 6.36 Å². The van der Waals surface area contributed by atoms with Crippen molar-refractivity contribution in [3.05, 3.63) is 57.3 Å². The Bertz CT molecular complexity index is 920. The van der Waals surface area contributed by atoms with E-state index in [2.05, 4.69) is 9.72 Å². The summed E-state index contributed by atoms with van der Waals surface area (Å²) in [6.07, 6.45) is 1.70. The van der Waals surface area contributed by atoms with Gasteiger partial charge in [-0.3, -0.25) is 9.69 Å². The van der Waals surface area contributed by atoms with Gasteiger partial charge in [0.05, 0.1) is 11.3 Å². The zero-order valence-corrected chi connectivity index (χ0v) is 16.1. The van der Waals surface area contributed by atoms with Crippen LogP contribution in [0.3, 0.4) is 0 Å². The number of halogens is 3. The molecule has 1 fully saturated rings. The van der Waals surface area contributed by atoms with Crippen LogP contribution in [0.4, 0.5) is 13.2 Å². The molecule has 0 unspecified atom stereocenters. The largest absolute Gasteiger partial charge is 0.573 e. The average molecular weight is 407 g/mol. The number of aromatic amines is 1. The molecule has 1 aromatic carbocycles. The Balaban J connectivity index is 1.46. The molecule has 2 heterocycles. The summed E-state index contributed by atoms with van der Waals surface area (Å²) in [5.74, 6) is 0.930. The molecule has 1 aromatic heterocycles. The lowest BCUT2D eigenvalue weighted by Gasteiger charge is -2.29. The van der Waals surface area contributed by atoms with Crippen LogP contribution in [0.1, 0.15) is 60.7 Å². The summed E-state index contributed by atoms with van der Waals surface area (Å²) in [6, 6.07) is 5.97. The van der Waals surface area contributed by atoms with E-state index in [1.165, 1.54) is 31.4 Å². The first kappa shape index (κ1) is 19.9. The van der Waals surface area contributed by atoms with Crippen LogP contribution in [0.2, 0.25) is 0 Å². The van der Waals surface area contributed by atoms with Crippen molar-refractivity contribution in [3.8, 4) is 5.75 Å². The number of H-pyrrole nitrogens is 1. The molecule has 0 spiro atoms. The summed E-state index contributed by atoms with van der Waals surface area (Å²) >= 11 is 0. The van der Waals surface area contributed by atoms with Crippen LogP contribution < -0.4 is 10.3 Å². The Morgan fingerprint density at radius 1 is 1.21 bits per heavy atom. The molecule has 1 aliphatic heterocycles. The Hall–Kier alpha value is -2.35. The number of aromatic nitrogens is 2. The highest BCUT2D eigenvalue weighted by atomic mass is 19.4. The van der Waals surface area contributed by atoms with Gasteiger partial charge in [0.2, 0.25) is 0 Å². The number of rotatable bonds is 4. The quantitative estimate of drug-likeness (QED) is 0.822. The smallest absolute Gasteiger partial charge is 0.406 e. The van der Waals surface area contributed by atoms with Gasteiger partial charge < -0.3 is 9.72 Å². The maximum atomic E-state index is 12.7. The number of alkyl halides is 3. The van der Waals surface area contributed by atoms with Gasteiger partial charge in [0.1, 0.15) is 11.6 Å². The molecule has 29 heavy (non-hydrogen) atoms.